The number of hydrogen-bond acceptors (Lipinski definition) is 6. The number of dihydropyridines is 1. The van der Waals surface area contributed by atoms with Gasteiger partial charge in [0.25, 0.3) is 0 Å². The lowest BCUT2D eigenvalue weighted by Crippen LogP contribution is -2.57. The summed E-state index contributed by atoms with van der Waals surface area (Å²) in [5.74, 6) is -0.402. The quantitative estimate of drug-likeness (QED) is 0.684. The van der Waals surface area contributed by atoms with Gasteiger partial charge in [0.15, 0.2) is 5.13 Å². The molecular weight excluding hydrogens is 409 g/mol. The maximum atomic E-state index is 12.9. The molecule has 3 atom stereocenters. The molecule has 1 aromatic heterocycles. The number of allylic oxidation sites excluding steroid dienone is 1. The van der Waals surface area contributed by atoms with E-state index in [0.717, 1.165) is 25.6 Å². The third-order valence-electron chi connectivity index (χ3n) is 5.09. The van der Waals surface area contributed by atoms with Crippen LogP contribution in [0, 0.1) is 0 Å². The number of urea groups is 1. The molecule has 4 rings (SSSR count). The summed E-state index contributed by atoms with van der Waals surface area (Å²) in [7, 11) is 0. The Balaban J connectivity index is 1.53. The van der Waals surface area contributed by atoms with Gasteiger partial charge in [-0.1, -0.05) is 6.08 Å². The van der Waals surface area contributed by atoms with Crippen LogP contribution in [0.25, 0.3) is 0 Å². The second kappa shape index (κ2) is 7.25. The highest BCUT2D eigenvalue weighted by Crippen LogP contribution is 2.33. The number of fused-ring (bicyclic) bond motifs is 3. The van der Waals surface area contributed by atoms with Crippen LogP contribution in [0.3, 0.4) is 0 Å². The molecule has 156 valence electrons. The van der Waals surface area contributed by atoms with E-state index in [1.807, 2.05) is 5.32 Å². The Morgan fingerprint density at radius 2 is 2.21 bits per heavy atom. The molecule has 3 aliphatic heterocycles. The molecule has 3 N–H and O–H groups in total. The first-order valence-corrected chi connectivity index (χ1v) is 9.93. The molecule has 3 aliphatic rings. The molecule has 0 saturated carbocycles. The van der Waals surface area contributed by atoms with E-state index in [1.54, 1.807) is 17.7 Å². The zero-order valence-corrected chi connectivity index (χ0v) is 16.2. The minimum atomic E-state index is -4.53. The Morgan fingerprint density at radius 3 is 2.90 bits per heavy atom. The second-order valence-corrected chi connectivity index (χ2v) is 7.91. The second-order valence-electron chi connectivity index (χ2n) is 7.01. The molecule has 12 heteroatoms. The van der Waals surface area contributed by atoms with Crippen molar-refractivity contribution in [3.8, 4) is 0 Å². The fourth-order valence-electron chi connectivity index (χ4n) is 3.58. The van der Waals surface area contributed by atoms with Crippen molar-refractivity contribution in [1.82, 2.24) is 25.4 Å². The number of carbonyl (C=O) groups excluding carboxylic acids is 2. The van der Waals surface area contributed by atoms with Gasteiger partial charge in [0, 0.05) is 24.7 Å². The minimum absolute atomic E-state index is 0.106. The average molecular weight is 428 g/mol. The van der Waals surface area contributed by atoms with Gasteiger partial charge in [-0.15, -0.1) is 11.3 Å². The van der Waals surface area contributed by atoms with Gasteiger partial charge in [-0.05, 0) is 19.4 Å². The zero-order valence-electron chi connectivity index (χ0n) is 15.4. The van der Waals surface area contributed by atoms with Crippen LogP contribution in [-0.4, -0.2) is 64.1 Å². The van der Waals surface area contributed by atoms with Gasteiger partial charge in [0.05, 0.1) is 11.7 Å². The summed E-state index contributed by atoms with van der Waals surface area (Å²) < 4.78 is 38.3. The van der Waals surface area contributed by atoms with E-state index in [1.165, 1.54) is 22.3 Å². The summed E-state index contributed by atoms with van der Waals surface area (Å²) in [6, 6.07) is -3.50. The Bertz CT molecular complexity index is 869. The normalized spacial score (nSPS) is 24.1. The van der Waals surface area contributed by atoms with Gasteiger partial charge < -0.3 is 15.5 Å². The number of aromatic nitrogens is 1. The molecule has 29 heavy (non-hydrogen) atoms. The van der Waals surface area contributed by atoms with Crippen LogP contribution < -0.4 is 16.0 Å². The third kappa shape index (κ3) is 3.76. The maximum absolute atomic E-state index is 12.9. The lowest BCUT2D eigenvalue weighted by Gasteiger charge is -2.40. The van der Waals surface area contributed by atoms with Gasteiger partial charge in [-0.3, -0.25) is 15.0 Å². The summed E-state index contributed by atoms with van der Waals surface area (Å²) in [5, 5.41) is 9.81. The maximum Gasteiger partial charge on any atom is 0.408 e. The van der Waals surface area contributed by atoms with Gasteiger partial charge in [-0.25, -0.2) is 9.78 Å². The van der Waals surface area contributed by atoms with E-state index in [9.17, 15) is 22.8 Å². The monoisotopic (exact) mass is 428 g/mol. The molecule has 1 aromatic rings. The van der Waals surface area contributed by atoms with Crippen LogP contribution in [0.15, 0.2) is 35.2 Å². The van der Waals surface area contributed by atoms with Crippen molar-refractivity contribution >= 4 is 28.4 Å². The number of alkyl halides is 3. The molecule has 8 nitrogen and oxygen atoms in total. The summed E-state index contributed by atoms with van der Waals surface area (Å²) >= 11 is 1.28. The van der Waals surface area contributed by atoms with Crippen LogP contribution in [0.4, 0.5) is 23.1 Å². The number of hydrogen-bond donors (Lipinski definition) is 3. The van der Waals surface area contributed by atoms with Crippen molar-refractivity contribution in [2.24, 2.45) is 0 Å². The molecule has 3 amide bonds. The van der Waals surface area contributed by atoms with Crippen molar-refractivity contribution in [2.75, 3.05) is 18.4 Å². The van der Waals surface area contributed by atoms with Gasteiger partial charge in [-0.2, -0.15) is 13.2 Å². The van der Waals surface area contributed by atoms with Gasteiger partial charge in [0.1, 0.15) is 17.9 Å². The predicted octanol–water partition coefficient (Wildman–Crippen LogP) is 1.83. The molecule has 0 radical (unpaired) electrons. The molecule has 1 unspecified atom stereocenters. The number of thiazole rings is 1. The number of rotatable bonds is 3. The SMILES string of the molecule is C[C@@H](NC(=O)C1C=CC2=C(N1)N(C(=O)Nc1nccs1)[C@H]1CCN2C1)C(F)(F)F. The van der Waals surface area contributed by atoms with E-state index in [-0.39, 0.29) is 6.04 Å². The molecule has 4 heterocycles. The van der Waals surface area contributed by atoms with E-state index in [2.05, 4.69) is 20.5 Å². The van der Waals surface area contributed by atoms with Gasteiger partial charge in [0.2, 0.25) is 5.91 Å². The first-order chi connectivity index (χ1) is 13.7. The lowest BCUT2D eigenvalue weighted by atomic mass is 10.1. The standard InChI is InChI=1S/C17H19F3N6O2S/c1-9(17(18,19)20)22-14(27)11-2-3-12-13(23-11)26(10-4-6-25(12)8-10)16(28)24-15-21-5-7-29-15/h2-3,5,7,9-11,23H,4,6,8H2,1H3,(H,22,27)(H,21,24,28)/t9-,10+,11?/m1/s1. The Kier molecular flexibility index (Phi) is 4.89. The first-order valence-electron chi connectivity index (χ1n) is 9.05. The van der Waals surface area contributed by atoms with E-state index in [0.29, 0.717) is 17.5 Å². The van der Waals surface area contributed by atoms with Crippen molar-refractivity contribution in [3.63, 3.8) is 0 Å². The third-order valence-corrected chi connectivity index (χ3v) is 5.78. The Labute approximate surface area is 168 Å². The minimum Gasteiger partial charge on any atom is -0.366 e. The topological polar surface area (TPSA) is 89.6 Å². The van der Waals surface area contributed by atoms with Crippen LogP contribution in [0.5, 0.6) is 0 Å². The van der Waals surface area contributed by atoms with Crippen LogP contribution >= 0.6 is 11.3 Å². The zero-order chi connectivity index (χ0) is 20.8. The largest absolute Gasteiger partial charge is 0.408 e. The number of amides is 3. The Morgan fingerprint density at radius 1 is 1.41 bits per heavy atom. The highest BCUT2D eigenvalue weighted by molar-refractivity contribution is 7.13. The van der Waals surface area contributed by atoms with Crippen molar-refractivity contribution in [3.05, 3.63) is 35.2 Å². The van der Waals surface area contributed by atoms with Crippen molar-refractivity contribution in [1.29, 1.82) is 0 Å². The summed E-state index contributed by atoms with van der Waals surface area (Å²) in [5.41, 5.74) is 0.737. The molecule has 1 saturated heterocycles. The molecular formula is C17H19F3N6O2S. The summed E-state index contributed by atoms with van der Waals surface area (Å²) in [6.07, 6.45) is 0.970. The van der Waals surface area contributed by atoms with Crippen LogP contribution in [-0.2, 0) is 4.79 Å². The number of halogens is 3. The average Bonchev–Trinajstić information content (AvgIpc) is 3.31. The van der Waals surface area contributed by atoms with E-state index in [4.69, 9.17) is 0 Å². The summed E-state index contributed by atoms with van der Waals surface area (Å²) in [4.78, 5) is 32.9. The smallest absolute Gasteiger partial charge is 0.366 e. The predicted molar refractivity (Wildman–Crippen MR) is 99.7 cm³/mol. The molecule has 0 aliphatic carbocycles. The van der Waals surface area contributed by atoms with E-state index < -0.39 is 30.2 Å². The van der Waals surface area contributed by atoms with Crippen LogP contribution in [0.2, 0.25) is 0 Å². The molecule has 0 spiro atoms. The Hall–Kier alpha value is -2.76. The molecule has 1 fully saturated rings. The van der Waals surface area contributed by atoms with E-state index >= 15 is 0 Å². The number of anilines is 1. The van der Waals surface area contributed by atoms with Crippen molar-refractivity contribution < 1.29 is 22.8 Å². The number of nitrogens with one attached hydrogen (secondary N) is 3. The highest BCUT2D eigenvalue weighted by atomic mass is 32.1. The first kappa shape index (κ1) is 19.6. The van der Waals surface area contributed by atoms with Crippen LogP contribution in [0.1, 0.15) is 13.3 Å². The summed E-state index contributed by atoms with van der Waals surface area (Å²) in [6.45, 7) is 2.28. The molecule has 0 aromatic carbocycles. The van der Waals surface area contributed by atoms with Gasteiger partial charge >= 0.3 is 12.2 Å². The molecule has 2 bridgehead atoms. The lowest BCUT2D eigenvalue weighted by molar-refractivity contribution is -0.158. The number of carbonyl (C=O) groups is 2. The highest BCUT2D eigenvalue weighted by Gasteiger charge is 2.43. The van der Waals surface area contributed by atoms with Crippen molar-refractivity contribution in [2.45, 2.75) is 37.6 Å². The number of nitrogens with zero attached hydrogens (tertiary/aromatic N) is 3. The fourth-order valence-corrected chi connectivity index (χ4v) is 4.10. The fraction of sp³-hybridized carbons (Fsp3) is 0.471.